The van der Waals surface area contributed by atoms with E-state index in [2.05, 4.69) is 48.4 Å². The second-order valence-corrected chi connectivity index (χ2v) is 7.76. The zero-order valence-corrected chi connectivity index (χ0v) is 17.2. The predicted molar refractivity (Wildman–Crippen MR) is 112 cm³/mol. The van der Waals surface area contributed by atoms with Crippen molar-refractivity contribution in [1.82, 2.24) is 4.98 Å². The molecule has 0 aliphatic carbocycles. The molecule has 0 bridgehead atoms. The Morgan fingerprint density at radius 1 is 1.04 bits per heavy atom. The molecule has 140 valence electrons. The van der Waals surface area contributed by atoms with Gasteiger partial charge in [0.15, 0.2) is 11.7 Å². The van der Waals surface area contributed by atoms with Crippen LogP contribution in [0.4, 0.5) is 5.13 Å². The third-order valence-electron chi connectivity index (χ3n) is 4.54. The molecule has 27 heavy (non-hydrogen) atoms. The van der Waals surface area contributed by atoms with Crippen LogP contribution < -0.4 is 10.1 Å². The summed E-state index contributed by atoms with van der Waals surface area (Å²) in [5, 5.41) is 5.37. The van der Waals surface area contributed by atoms with Gasteiger partial charge in [-0.25, -0.2) is 4.98 Å². The van der Waals surface area contributed by atoms with E-state index in [0.29, 0.717) is 5.13 Å². The van der Waals surface area contributed by atoms with Crippen LogP contribution in [0.3, 0.4) is 0 Å². The molecule has 5 heteroatoms. The standard InChI is InChI=1S/C22H24N2O2S/c1-13-6-7-15(3)18(9-13)19-12-27-22(23-19)24-21(25)11-26-20-10-14(2)8-16(4)17(20)5/h6-10,12H,11H2,1-5H3,(H,23,24,25). The van der Waals surface area contributed by atoms with Gasteiger partial charge in [-0.1, -0.05) is 23.8 Å². The number of carbonyl (C=O) groups is 1. The van der Waals surface area contributed by atoms with Crippen molar-refractivity contribution in [3.63, 3.8) is 0 Å². The molecular formula is C22H24N2O2S. The Kier molecular flexibility index (Phi) is 5.61. The first-order valence-electron chi connectivity index (χ1n) is 8.87. The Morgan fingerprint density at radius 2 is 1.81 bits per heavy atom. The number of amides is 1. The smallest absolute Gasteiger partial charge is 0.264 e. The summed E-state index contributed by atoms with van der Waals surface area (Å²) in [5.41, 5.74) is 7.65. The van der Waals surface area contributed by atoms with Gasteiger partial charge in [0.25, 0.3) is 5.91 Å². The maximum Gasteiger partial charge on any atom is 0.264 e. The number of hydrogen-bond donors (Lipinski definition) is 1. The number of hydrogen-bond acceptors (Lipinski definition) is 4. The number of rotatable bonds is 5. The van der Waals surface area contributed by atoms with Crippen LogP contribution in [0.15, 0.2) is 35.7 Å². The van der Waals surface area contributed by atoms with Crippen molar-refractivity contribution in [2.75, 3.05) is 11.9 Å². The van der Waals surface area contributed by atoms with E-state index in [1.807, 2.05) is 32.2 Å². The topological polar surface area (TPSA) is 51.2 Å². The second kappa shape index (κ2) is 7.92. The molecule has 0 saturated heterocycles. The number of anilines is 1. The van der Waals surface area contributed by atoms with Crippen molar-refractivity contribution in [3.8, 4) is 17.0 Å². The Hall–Kier alpha value is -2.66. The summed E-state index contributed by atoms with van der Waals surface area (Å²) in [7, 11) is 0. The molecule has 0 aliphatic heterocycles. The molecule has 1 heterocycles. The van der Waals surface area contributed by atoms with Crippen molar-refractivity contribution in [3.05, 3.63) is 63.5 Å². The zero-order chi connectivity index (χ0) is 19.6. The summed E-state index contributed by atoms with van der Waals surface area (Å²) in [6.45, 7) is 10.1. The second-order valence-electron chi connectivity index (χ2n) is 6.90. The molecule has 0 saturated carbocycles. The van der Waals surface area contributed by atoms with Gasteiger partial charge in [0, 0.05) is 10.9 Å². The third kappa shape index (κ3) is 4.55. The first kappa shape index (κ1) is 19.1. The summed E-state index contributed by atoms with van der Waals surface area (Å²) >= 11 is 1.42. The zero-order valence-electron chi connectivity index (χ0n) is 16.3. The average molecular weight is 381 g/mol. The maximum absolute atomic E-state index is 12.3. The molecule has 1 amide bonds. The molecule has 1 N–H and O–H groups in total. The van der Waals surface area contributed by atoms with Crippen molar-refractivity contribution < 1.29 is 9.53 Å². The lowest BCUT2D eigenvalue weighted by atomic mass is 10.0. The number of aromatic nitrogens is 1. The average Bonchev–Trinajstić information content (AvgIpc) is 3.07. The van der Waals surface area contributed by atoms with Gasteiger partial charge in [0.2, 0.25) is 0 Å². The van der Waals surface area contributed by atoms with Gasteiger partial charge in [-0.2, -0.15) is 0 Å². The van der Waals surface area contributed by atoms with Crippen molar-refractivity contribution >= 4 is 22.4 Å². The normalized spacial score (nSPS) is 10.7. The van der Waals surface area contributed by atoms with Crippen LogP contribution in [-0.2, 0) is 4.79 Å². The first-order valence-corrected chi connectivity index (χ1v) is 9.75. The largest absolute Gasteiger partial charge is 0.483 e. The van der Waals surface area contributed by atoms with Gasteiger partial charge < -0.3 is 4.74 Å². The van der Waals surface area contributed by atoms with Crippen LogP contribution in [0.5, 0.6) is 5.75 Å². The quantitative estimate of drug-likeness (QED) is 0.647. The molecule has 0 atom stereocenters. The van der Waals surface area contributed by atoms with Crippen LogP contribution in [0, 0.1) is 34.6 Å². The number of nitrogens with zero attached hydrogens (tertiary/aromatic N) is 1. The summed E-state index contributed by atoms with van der Waals surface area (Å²) in [5.74, 6) is 0.535. The minimum absolute atomic E-state index is 0.0396. The van der Waals surface area contributed by atoms with Crippen LogP contribution in [0.25, 0.3) is 11.3 Å². The van der Waals surface area contributed by atoms with E-state index >= 15 is 0 Å². The van der Waals surface area contributed by atoms with Gasteiger partial charge in [-0.3, -0.25) is 10.1 Å². The monoisotopic (exact) mass is 380 g/mol. The lowest BCUT2D eigenvalue weighted by molar-refractivity contribution is -0.118. The lowest BCUT2D eigenvalue weighted by Gasteiger charge is -2.12. The molecule has 0 spiro atoms. The summed E-state index contributed by atoms with van der Waals surface area (Å²) in [6, 6.07) is 10.3. The highest BCUT2D eigenvalue weighted by molar-refractivity contribution is 7.14. The molecule has 4 nitrogen and oxygen atoms in total. The molecule has 3 aromatic rings. The van der Waals surface area contributed by atoms with Gasteiger partial charge >= 0.3 is 0 Å². The predicted octanol–water partition coefficient (Wildman–Crippen LogP) is 5.37. The minimum atomic E-state index is -0.213. The van der Waals surface area contributed by atoms with E-state index in [4.69, 9.17) is 4.74 Å². The molecule has 0 unspecified atom stereocenters. The Balaban J connectivity index is 1.66. The summed E-state index contributed by atoms with van der Waals surface area (Å²) < 4.78 is 5.72. The van der Waals surface area contributed by atoms with Crippen molar-refractivity contribution in [1.29, 1.82) is 0 Å². The Labute approximate surface area is 164 Å². The van der Waals surface area contributed by atoms with Gasteiger partial charge in [0.1, 0.15) is 5.75 Å². The van der Waals surface area contributed by atoms with Crippen LogP contribution in [-0.4, -0.2) is 17.5 Å². The van der Waals surface area contributed by atoms with E-state index in [-0.39, 0.29) is 12.5 Å². The minimum Gasteiger partial charge on any atom is -0.483 e. The fourth-order valence-corrected chi connectivity index (χ4v) is 3.64. The first-order chi connectivity index (χ1) is 12.8. The van der Waals surface area contributed by atoms with E-state index in [9.17, 15) is 4.79 Å². The Morgan fingerprint density at radius 3 is 2.59 bits per heavy atom. The van der Waals surface area contributed by atoms with Crippen LogP contribution in [0.2, 0.25) is 0 Å². The van der Waals surface area contributed by atoms with E-state index in [1.165, 1.54) is 16.9 Å². The van der Waals surface area contributed by atoms with Crippen molar-refractivity contribution in [2.45, 2.75) is 34.6 Å². The van der Waals surface area contributed by atoms with Gasteiger partial charge in [-0.15, -0.1) is 11.3 Å². The fraction of sp³-hybridized carbons (Fsp3) is 0.273. The highest BCUT2D eigenvalue weighted by atomic mass is 32.1. The molecule has 0 radical (unpaired) electrons. The molecule has 2 aromatic carbocycles. The number of carbonyl (C=O) groups excluding carboxylic acids is 1. The SMILES string of the molecule is Cc1cc(C)c(C)c(OCC(=O)Nc2nc(-c3cc(C)ccc3C)cs2)c1. The number of thiazole rings is 1. The Bertz CT molecular complexity index is 992. The molecule has 0 aliphatic rings. The van der Waals surface area contributed by atoms with Gasteiger partial charge in [-0.05, 0) is 69.0 Å². The van der Waals surface area contributed by atoms with E-state index < -0.39 is 0 Å². The van der Waals surface area contributed by atoms with E-state index in [1.54, 1.807) is 0 Å². The maximum atomic E-state index is 12.3. The molecular weight excluding hydrogens is 356 g/mol. The highest BCUT2D eigenvalue weighted by Gasteiger charge is 2.12. The van der Waals surface area contributed by atoms with Gasteiger partial charge in [0.05, 0.1) is 5.69 Å². The number of ether oxygens (including phenoxy) is 1. The van der Waals surface area contributed by atoms with Crippen LogP contribution in [0.1, 0.15) is 27.8 Å². The fourth-order valence-electron chi connectivity index (χ4n) is 2.92. The highest BCUT2D eigenvalue weighted by Crippen LogP contribution is 2.28. The number of nitrogens with one attached hydrogen (secondary N) is 1. The lowest BCUT2D eigenvalue weighted by Crippen LogP contribution is -2.20. The summed E-state index contributed by atoms with van der Waals surface area (Å²) in [6.07, 6.45) is 0. The van der Waals surface area contributed by atoms with E-state index in [0.717, 1.165) is 39.3 Å². The number of aryl methyl sites for hydroxylation is 4. The molecule has 3 rings (SSSR count). The molecule has 0 fully saturated rings. The molecule has 1 aromatic heterocycles. The van der Waals surface area contributed by atoms with Crippen LogP contribution >= 0.6 is 11.3 Å². The number of benzene rings is 2. The van der Waals surface area contributed by atoms with Crippen molar-refractivity contribution in [2.24, 2.45) is 0 Å². The third-order valence-corrected chi connectivity index (χ3v) is 5.30. The summed E-state index contributed by atoms with van der Waals surface area (Å²) in [4.78, 5) is 16.8.